The van der Waals surface area contributed by atoms with Gasteiger partial charge in [-0.3, -0.25) is 4.57 Å². The Balaban J connectivity index is 1.69. The molecule has 0 unspecified atom stereocenters. The number of benzene rings is 2. The molecule has 0 spiro atoms. The fraction of sp³-hybridized carbons (Fsp3) is 0.182. The number of methoxy groups -OCH3 is 1. The van der Waals surface area contributed by atoms with Gasteiger partial charge in [0.05, 0.1) is 19.9 Å². The number of hydrogen-bond acceptors (Lipinski definition) is 5. The summed E-state index contributed by atoms with van der Waals surface area (Å²) in [5, 5.41) is 9.71. The molecule has 7 heteroatoms. The summed E-state index contributed by atoms with van der Waals surface area (Å²) < 4.78 is 26.2. The van der Waals surface area contributed by atoms with E-state index in [0.29, 0.717) is 6.54 Å². The van der Waals surface area contributed by atoms with Gasteiger partial charge in [0.2, 0.25) is 0 Å². The van der Waals surface area contributed by atoms with E-state index in [-0.39, 0.29) is 11.1 Å². The van der Waals surface area contributed by atoms with Crippen molar-refractivity contribution in [2.75, 3.05) is 7.11 Å². The summed E-state index contributed by atoms with van der Waals surface area (Å²) in [6.45, 7) is 2.57. The Morgan fingerprint density at radius 1 is 1.10 bits per heavy atom. The lowest BCUT2D eigenvalue weighted by molar-refractivity contribution is 0.415. The molecule has 148 valence electrons. The number of halogens is 1. The zero-order chi connectivity index (χ0) is 20.2. The molecule has 0 N–H and O–H groups in total. The normalized spacial score (nSPS) is 12.1. The number of hydrogen-bond donors (Lipinski definition) is 0. The van der Waals surface area contributed by atoms with Gasteiger partial charge in [-0.05, 0) is 48.9 Å². The average molecular weight is 409 g/mol. The van der Waals surface area contributed by atoms with Crippen LogP contribution in [-0.2, 0) is 6.54 Å². The lowest BCUT2D eigenvalue weighted by Crippen LogP contribution is -2.04. The molecule has 1 atom stereocenters. The second-order valence-corrected chi connectivity index (χ2v) is 7.82. The zero-order valence-electron chi connectivity index (χ0n) is 16.1. The highest BCUT2D eigenvalue weighted by Crippen LogP contribution is 2.36. The first-order valence-electron chi connectivity index (χ1n) is 9.16. The molecule has 29 heavy (non-hydrogen) atoms. The molecule has 4 aromatic rings. The van der Waals surface area contributed by atoms with Crippen molar-refractivity contribution in [3.8, 4) is 17.1 Å². The Morgan fingerprint density at radius 2 is 1.93 bits per heavy atom. The average Bonchev–Trinajstić information content (AvgIpc) is 3.39. The highest BCUT2D eigenvalue weighted by atomic mass is 32.2. The van der Waals surface area contributed by atoms with E-state index < -0.39 is 0 Å². The van der Waals surface area contributed by atoms with Crippen LogP contribution in [0.3, 0.4) is 0 Å². The van der Waals surface area contributed by atoms with Crippen LogP contribution in [-0.4, -0.2) is 21.9 Å². The van der Waals surface area contributed by atoms with Crippen molar-refractivity contribution >= 4 is 11.8 Å². The molecule has 0 aliphatic carbocycles. The minimum absolute atomic E-state index is 0.0771. The largest absolute Gasteiger partial charge is 0.497 e. The van der Waals surface area contributed by atoms with Gasteiger partial charge in [-0.15, -0.1) is 10.2 Å². The van der Waals surface area contributed by atoms with Crippen LogP contribution in [0.5, 0.6) is 5.75 Å². The molecule has 2 heterocycles. The van der Waals surface area contributed by atoms with Gasteiger partial charge in [-0.1, -0.05) is 36.0 Å². The van der Waals surface area contributed by atoms with Crippen LogP contribution < -0.4 is 4.74 Å². The van der Waals surface area contributed by atoms with Crippen molar-refractivity contribution in [2.45, 2.75) is 23.9 Å². The van der Waals surface area contributed by atoms with Gasteiger partial charge >= 0.3 is 0 Å². The molecule has 2 aromatic heterocycles. The van der Waals surface area contributed by atoms with Crippen molar-refractivity contribution < 1.29 is 13.5 Å². The van der Waals surface area contributed by atoms with Gasteiger partial charge in [0.25, 0.3) is 0 Å². The molecule has 5 nitrogen and oxygen atoms in total. The first-order chi connectivity index (χ1) is 14.1. The topological polar surface area (TPSA) is 53.1 Å². The Morgan fingerprint density at radius 3 is 2.66 bits per heavy atom. The third kappa shape index (κ3) is 4.35. The van der Waals surface area contributed by atoms with E-state index in [1.807, 2.05) is 41.0 Å². The Labute approximate surface area is 172 Å². The van der Waals surface area contributed by atoms with Gasteiger partial charge in [0.15, 0.2) is 11.0 Å². The van der Waals surface area contributed by atoms with Gasteiger partial charge in [-0.2, -0.15) is 0 Å². The molecule has 0 amide bonds. The zero-order valence-corrected chi connectivity index (χ0v) is 16.9. The van der Waals surface area contributed by atoms with Crippen LogP contribution >= 0.6 is 11.8 Å². The summed E-state index contributed by atoms with van der Waals surface area (Å²) in [5.41, 5.74) is 1.93. The minimum atomic E-state index is -0.243. The van der Waals surface area contributed by atoms with Gasteiger partial charge < -0.3 is 9.15 Å². The molecule has 0 saturated carbocycles. The smallest absolute Gasteiger partial charge is 0.192 e. The summed E-state index contributed by atoms with van der Waals surface area (Å²) in [6.07, 6.45) is 1.65. The van der Waals surface area contributed by atoms with Gasteiger partial charge in [0, 0.05) is 10.8 Å². The monoisotopic (exact) mass is 409 g/mol. The molecule has 0 bridgehead atoms. The third-order valence-electron chi connectivity index (χ3n) is 4.56. The molecule has 0 aliphatic heterocycles. The molecule has 0 saturated heterocycles. The summed E-state index contributed by atoms with van der Waals surface area (Å²) in [5.74, 6) is 2.05. The summed E-state index contributed by atoms with van der Waals surface area (Å²) in [4.78, 5) is 0. The number of nitrogens with zero attached hydrogens (tertiary/aromatic N) is 3. The van der Waals surface area contributed by atoms with Crippen molar-refractivity contribution in [3.63, 3.8) is 0 Å². The maximum absolute atomic E-state index is 13.3. The van der Waals surface area contributed by atoms with Crippen LogP contribution in [0.4, 0.5) is 4.39 Å². The summed E-state index contributed by atoms with van der Waals surface area (Å²) >= 11 is 1.57. The number of ether oxygens (including phenoxy) is 1. The van der Waals surface area contributed by atoms with Crippen LogP contribution in [0.15, 0.2) is 76.5 Å². The Bertz CT molecular complexity index is 1080. The van der Waals surface area contributed by atoms with E-state index in [1.165, 1.54) is 12.1 Å². The van der Waals surface area contributed by atoms with Crippen molar-refractivity contribution in [3.05, 3.63) is 84.1 Å². The SMILES string of the molecule is COc1cccc(-c2nnc(S[C@H](C)c3ccc(F)cc3)n2Cc2ccco2)c1. The van der Waals surface area contributed by atoms with Crippen molar-refractivity contribution in [1.29, 1.82) is 0 Å². The van der Waals surface area contributed by atoms with Crippen LogP contribution in [0, 0.1) is 5.82 Å². The molecule has 0 fully saturated rings. The molecular formula is C22H20FN3O2S. The van der Waals surface area contributed by atoms with Crippen LogP contribution in [0.25, 0.3) is 11.4 Å². The number of thioether (sulfide) groups is 1. The highest BCUT2D eigenvalue weighted by molar-refractivity contribution is 7.99. The first kappa shape index (κ1) is 19.3. The van der Waals surface area contributed by atoms with Crippen LogP contribution in [0.1, 0.15) is 23.5 Å². The van der Waals surface area contributed by atoms with Crippen LogP contribution in [0.2, 0.25) is 0 Å². The Kier molecular flexibility index (Phi) is 5.67. The van der Waals surface area contributed by atoms with Gasteiger partial charge in [0.1, 0.15) is 17.3 Å². The third-order valence-corrected chi connectivity index (χ3v) is 5.70. The maximum atomic E-state index is 13.3. The van der Waals surface area contributed by atoms with Crippen molar-refractivity contribution in [1.82, 2.24) is 14.8 Å². The standard InChI is InChI=1S/C22H20FN3O2S/c1-15(16-8-10-18(23)11-9-16)29-22-25-24-21(17-5-3-6-19(13-17)27-2)26(22)14-20-7-4-12-28-20/h3-13,15H,14H2,1-2H3/t15-/m1/s1. The minimum Gasteiger partial charge on any atom is -0.497 e. The van der Waals surface area contributed by atoms with E-state index in [9.17, 15) is 4.39 Å². The first-order valence-corrected chi connectivity index (χ1v) is 10.0. The molecule has 0 aliphatic rings. The molecule has 0 radical (unpaired) electrons. The molecule has 4 rings (SSSR count). The molecular weight excluding hydrogens is 389 g/mol. The predicted octanol–water partition coefficient (Wildman–Crippen LogP) is 5.59. The number of furan rings is 1. The summed E-state index contributed by atoms with van der Waals surface area (Å²) in [7, 11) is 1.64. The van der Waals surface area contributed by atoms with E-state index in [2.05, 4.69) is 17.1 Å². The molecule has 2 aromatic carbocycles. The predicted molar refractivity (Wildman–Crippen MR) is 110 cm³/mol. The lowest BCUT2D eigenvalue weighted by Gasteiger charge is -2.13. The van der Waals surface area contributed by atoms with E-state index in [0.717, 1.165) is 33.6 Å². The van der Waals surface area contributed by atoms with Crippen molar-refractivity contribution in [2.24, 2.45) is 0 Å². The summed E-state index contributed by atoms with van der Waals surface area (Å²) in [6, 6.07) is 18.0. The number of aromatic nitrogens is 3. The second-order valence-electron chi connectivity index (χ2n) is 6.52. The van der Waals surface area contributed by atoms with Gasteiger partial charge in [-0.25, -0.2) is 4.39 Å². The fourth-order valence-electron chi connectivity index (χ4n) is 3.01. The highest BCUT2D eigenvalue weighted by Gasteiger charge is 2.19. The quantitative estimate of drug-likeness (QED) is 0.373. The van der Waals surface area contributed by atoms with E-state index in [1.54, 1.807) is 37.3 Å². The fourth-order valence-corrected chi connectivity index (χ4v) is 3.99. The lowest BCUT2D eigenvalue weighted by atomic mass is 10.2. The van der Waals surface area contributed by atoms with E-state index >= 15 is 0 Å². The Hall–Kier alpha value is -3.06. The maximum Gasteiger partial charge on any atom is 0.192 e. The second kappa shape index (κ2) is 8.53. The number of rotatable bonds is 7. The van der Waals surface area contributed by atoms with E-state index in [4.69, 9.17) is 9.15 Å².